The van der Waals surface area contributed by atoms with E-state index in [2.05, 4.69) is 16.9 Å². The van der Waals surface area contributed by atoms with E-state index in [1.54, 1.807) is 35.0 Å². The van der Waals surface area contributed by atoms with Gasteiger partial charge < -0.3 is 4.90 Å². The molecule has 0 fully saturated rings. The highest BCUT2D eigenvalue weighted by Gasteiger charge is 2.20. The summed E-state index contributed by atoms with van der Waals surface area (Å²) in [5.41, 5.74) is 2.31. The van der Waals surface area contributed by atoms with Crippen LogP contribution in [0.5, 0.6) is 0 Å². The molecule has 4 aromatic rings. The van der Waals surface area contributed by atoms with Crippen LogP contribution in [0.4, 0.5) is 10.3 Å². The average Bonchev–Trinajstić information content (AvgIpc) is 3.29. The van der Waals surface area contributed by atoms with E-state index in [-0.39, 0.29) is 30.0 Å². The minimum atomic E-state index is -0.560. The van der Waals surface area contributed by atoms with Gasteiger partial charge in [-0.05, 0) is 42.5 Å². The summed E-state index contributed by atoms with van der Waals surface area (Å²) in [7, 11) is 0. The van der Waals surface area contributed by atoms with Crippen molar-refractivity contribution in [1.82, 2.24) is 14.5 Å². The van der Waals surface area contributed by atoms with Gasteiger partial charge in [-0.2, -0.15) is 0 Å². The van der Waals surface area contributed by atoms with Crippen molar-refractivity contribution in [2.75, 3.05) is 18.4 Å². The number of halogens is 3. The van der Waals surface area contributed by atoms with E-state index in [4.69, 9.17) is 23.2 Å². The molecule has 1 N–H and O–H groups in total. The Morgan fingerprint density at radius 2 is 1.78 bits per heavy atom. The van der Waals surface area contributed by atoms with Crippen molar-refractivity contribution < 1.29 is 14.0 Å². The van der Waals surface area contributed by atoms with Crippen LogP contribution in [0.3, 0.4) is 0 Å². The third-order valence-corrected chi connectivity index (χ3v) is 5.81. The maximum atomic E-state index is 13.8. The molecular weight excluding hydrogens is 502 g/mol. The lowest BCUT2D eigenvalue weighted by atomic mass is 10.2. The Bertz CT molecular complexity index is 1410. The molecule has 1 heterocycles. The quantitative estimate of drug-likeness (QED) is 0.278. The molecule has 0 aliphatic carbocycles. The fraction of sp³-hybridized carbons (Fsp3) is 0.0741. The Balaban J connectivity index is 1.62. The summed E-state index contributed by atoms with van der Waals surface area (Å²) in [6.45, 7) is 3.60. The van der Waals surface area contributed by atoms with Crippen LogP contribution in [0.15, 0.2) is 91.6 Å². The highest BCUT2D eigenvalue weighted by atomic mass is 35.5. The van der Waals surface area contributed by atoms with E-state index in [1.807, 2.05) is 30.3 Å². The molecule has 4 rings (SSSR count). The first-order chi connectivity index (χ1) is 17.4. The zero-order valence-electron chi connectivity index (χ0n) is 19.0. The maximum absolute atomic E-state index is 13.8. The number of carbonyl (C=O) groups excluding carboxylic acids is 2. The molecule has 0 radical (unpaired) electrons. The molecule has 36 heavy (non-hydrogen) atoms. The molecule has 0 saturated carbocycles. The van der Waals surface area contributed by atoms with Crippen LogP contribution in [-0.4, -0.2) is 39.4 Å². The van der Waals surface area contributed by atoms with Gasteiger partial charge in [-0.25, -0.2) is 9.37 Å². The Kier molecular flexibility index (Phi) is 7.83. The summed E-state index contributed by atoms with van der Waals surface area (Å²) in [6, 6.07) is 20.0. The zero-order chi connectivity index (χ0) is 25.7. The summed E-state index contributed by atoms with van der Waals surface area (Å²) in [5.74, 6) is -1.19. The molecule has 6 nitrogen and oxygen atoms in total. The molecule has 182 valence electrons. The van der Waals surface area contributed by atoms with E-state index in [9.17, 15) is 14.0 Å². The first kappa shape index (κ1) is 25.2. The van der Waals surface area contributed by atoms with E-state index < -0.39 is 11.7 Å². The SMILES string of the molecule is C=CCN(CC(=O)Nc1nc(-c2ccccc2)cn1-c1ccc(F)c(Cl)c1)C(=O)c1ccc(Cl)cc1. The lowest BCUT2D eigenvalue weighted by Crippen LogP contribution is -2.38. The van der Waals surface area contributed by atoms with Crippen molar-refractivity contribution in [2.24, 2.45) is 0 Å². The van der Waals surface area contributed by atoms with Crippen molar-refractivity contribution in [2.45, 2.75) is 0 Å². The molecule has 0 aliphatic rings. The van der Waals surface area contributed by atoms with Gasteiger partial charge in [0.25, 0.3) is 5.91 Å². The van der Waals surface area contributed by atoms with Gasteiger partial charge in [0.15, 0.2) is 0 Å². The van der Waals surface area contributed by atoms with Gasteiger partial charge in [0.2, 0.25) is 11.9 Å². The normalized spacial score (nSPS) is 10.6. The molecule has 9 heteroatoms. The number of rotatable bonds is 8. The Labute approximate surface area is 217 Å². The third-order valence-electron chi connectivity index (χ3n) is 5.27. The van der Waals surface area contributed by atoms with Crippen LogP contribution in [-0.2, 0) is 4.79 Å². The number of benzene rings is 3. The van der Waals surface area contributed by atoms with E-state index >= 15 is 0 Å². The number of carbonyl (C=O) groups is 2. The molecule has 0 atom stereocenters. The third kappa shape index (κ3) is 5.82. The predicted octanol–water partition coefficient (Wildman–Crippen LogP) is 6.25. The number of imidazole rings is 1. The van der Waals surface area contributed by atoms with Gasteiger partial charge in [-0.1, -0.05) is 59.6 Å². The predicted molar refractivity (Wildman–Crippen MR) is 140 cm³/mol. The van der Waals surface area contributed by atoms with Crippen LogP contribution in [0.1, 0.15) is 10.4 Å². The van der Waals surface area contributed by atoms with Gasteiger partial charge in [0, 0.05) is 28.9 Å². The number of hydrogen-bond donors (Lipinski definition) is 1. The number of hydrogen-bond acceptors (Lipinski definition) is 3. The second-order valence-electron chi connectivity index (χ2n) is 7.81. The molecule has 0 aliphatic heterocycles. The molecule has 2 amide bonds. The number of nitrogens with one attached hydrogen (secondary N) is 1. The fourth-order valence-electron chi connectivity index (χ4n) is 3.54. The zero-order valence-corrected chi connectivity index (χ0v) is 20.5. The Morgan fingerprint density at radius 1 is 1.06 bits per heavy atom. The summed E-state index contributed by atoms with van der Waals surface area (Å²) in [5, 5.41) is 3.20. The van der Waals surface area contributed by atoms with Crippen molar-refractivity contribution in [1.29, 1.82) is 0 Å². The van der Waals surface area contributed by atoms with Crippen LogP contribution in [0.2, 0.25) is 10.0 Å². The Hall–Kier alpha value is -3.94. The number of amides is 2. The highest BCUT2D eigenvalue weighted by molar-refractivity contribution is 6.31. The Morgan fingerprint density at radius 3 is 2.44 bits per heavy atom. The van der Waals surface area contributed by atoms with Crippen LogP contribution < -0.4 is 5.32 Å². The largest absolute Gasteiger partial charge is 0.326 e. The van der Waals surface area contributed by atoms with Crippen molar-refractivity contribution >= 4 is 41.0 Å². The molecule has 0 saturated heterocycles. The average molecular weight is 523 g/mol. The smallest absolute Gasteiger partial charge is 0.254 e. The summed E-state index contributed by atoms with van der Waals surface area (Å²) >= 11 is 11.9. The fourth-order valence-corrected chi connectivity index (χ4v) is 3.84. The monoisotopic (exact) mass is 522 g/mol. The first-order valence-electron chi connectivity index (χ1n) is 10.9. The summed E-state index contributed by atoms with van der Waals surface area (Å²) in [4.78, 5) is 31.9. The van der Waals surface area contributed by atoms with E-state index in [1.165, 1.54) is 29.2 Å². The van der Waals surface area contributed by atoms with Gasteiger partial charge in [0.1, 0.15) is 12.4 Å². The van der Waals surface area contributed by atoms with Crippen LogP contribution in [0.25, 0.3) is 16.9 Å². The van der Waals surface area contributed by atoms with Crippen molar-refractivity contribution in [3.05, 3.63) is 113 Å². The lowest BCUT2D eigenvalue weighted by molar-refractivity contribution is -0.116. The van der Waals surface area contributed by atoms with Crippen LogP contribution in [0, 0.1) is 5.82 Å². The topological polar surface area (TPSA) is 67.2 Å². The first-order valence-corrected chi connectivity index (χ1v) is 11.7. The minimum Gasteiger partial charge on any atom is -0.326 e. The van der Waals surface area contributed by atoms with Gasteiger partial charge >= 0.3 is 0 Å². The second-order valence-corrected chi connectivity index (χ2v) is 8.66. The van der Waals surface area contributed by atoms with E-state index in [0.717, 1.165) is 5.56 Å². The molecule has 0 bridgehead atoms. The molecule has 0 unspecified atom stereocenters. The standard InChI is InChI=1S/C27H21Cl2FN4O2/c1-2-14-33(26(36)19-8-10-20(28)11-9-19)17-25(35)32-27-31-24(18-6-4-3-5-7-18)16-34(27)21-12-13-23(30)22(29)15-21/h2-13,15-16H,1,14,17H2,(H,31,32,35). The second kappa shape index (κ2) is 11.2. The number of aromatic nitrogens is 2. The van der Waals surface area contributed by atoms with E-state index in [0.29, 0.717) is 22.0 Å². The van der Waals surface area contributed by atoms with Crippen molar-refractivity contribution in [3.8, 4) is 16.9 Å². The summed E-state index contributed by atoms with van der Waals surface area (Å²) < 4.78 is 15.4. The van der Waals surface area contributed by atoms with Crippen molar-refractivity contribution in [3.63, 3.8) is 0 Å². The van der Waals surface area contributed by atoms with Gasteiger partial charge in [-0.3, -0.25) is 19.5 Å². The molecule has 3 aromatic carbocycles. The number of anilines is 1. The summed E-state index contributed by atoms with van der Waals surface area (Å²) in [6.07, 6.45) is 3.25. The molecular formula is C27H21Cl2FN4O2. The molecule has 0 spiro atoms. The van der Waals surface area contributed by atoms with Gasteiger partial charge in [0.05, 0.1) is 16.4 Å². The highest BCUT2D eigenvalue weighted by Crippen LogP contribution is 2.26. The lowest BCUT2D eigenvalue weighted by Gasteiger charge is -2.21. The number of nitrogens with zero attached hydrogens (tertiary/aromatic N) is 3. The van der Waals surface area contributed by atoms with Gasteiger partial charge in [-0.15, -0.1) is 6.58 Å². The maximum Gasteiger partial charge on any atom is 0.254 e. The molecule has 1 aromatic heterocycles. The minimum absolute atomic E-state index is 0.0644. The van der Waals surface area contributed by atoms with Crippen LogP contribution >= 0.6 is 23.2 Å².